The van der Waals surface area contributed by atoms with Gasteiger partial charge in [-0.05, 0) is 51.9 Å². The Morgan fingerprint density at radius 2 is 1.69 bits per heavy atom. The van der Waals surface area contributed by atoms with E-state index in [-0.39, 0.29) is 17.7 Å². The highest BCUT2D eigenvalue weighted by Gasteiger charge is 2.35. The molecule has 0 aromatic heterocycles. The summed E-state index contributed by atoms with van der Waals surface area (Å²) >= 11 is 0.951. The number of carbonyl (C=O) groups excluding carboxylic acids is 2. The fraction of sp³-hybridized carbons (Fsp3) is 0.130. The van der Waals surface area contributed by atoms with Crippen LogP contribution in [0.4, 0.5) is 4.79 Å². The number of rotatable bonds is 5. The maximum absolute atomic E-state index is 12.9. The summed E-state index contributed by atoms with van der Waals surface area (Å²) in [5.74, 6) is 0.882. The Morgan fingerprint density at radius 3 is 2.48 bits per heavy atom. The summed E-state index contributed by atoms with van der Waals surface area (Å²) in [5, 5.41) is 1.85. The lowest BCUT2D eigenvalue weighted by Crippen LogP contribution is -2.27. The highest BCUT2D eigenvalue weighted by atomic mass is 32.2. The second kappa shape index (κ2) is 8.01. The van der Waals surface area contributed by atoms with Crippen molar-refractivity contribution in [2.24, 2.45) is 0 Å². The summed E-state index contributed by atoms with van der Waals surface area (Å²) in [6, 6.07) is 19.2. The Kier molecular flexibility index (Phi) is 5.27. The molecule has 29 heavy (non-hydrogen) atoms. The van der Waals surface area contributed by atoms with E-state index >= 15 is 0 Å². The van der Waals surface area contributed by atoms with E-state index in [9.17, 15) is 9.59 Å². The molecule has 1 fully saturated rings. The Hall–Kier alpha value is -3.25. The molecule has 0 bridgehead atoms. The van der Waals surface area contributed by atoms with E-state index in [1.54, 1.807) is 32.4 Å². The maximum atomic E-state index is 12.9. The Morgan fingerprint density at radius 1 is 0.931 bits per heavy atom. The molecule has 1 saturated heterocycles. The quantitative estimate of drug-likeness (QED) is 0.553. The number of amides is 2. The molecular formula is C23H19NO4S. The number of nitrogens with zero attached hydrogens (tertiary/aromatic N) is 1. The van der Waals surface area contributed by atoms with Crippen LogP contribution < -0.4 is 9.47 Å². The standard InChI is InChI=1S/C23H19NO4S/c1-27-19-11-10-15(12-20(19)28-2)13-21-22(25)24(23(26)29-21)14-17-8-5-7-16-6-3-4-9-18(16)17/h3-13H,14H2,1-2H3. The lowest BCUT2D eigenvalue weighted by molar-refractivity contribution is -0.123. The van der Waals surface area contributed by atoms with Crippen LogP contribution in [0.25, 0.3) is 16.8 Å². The number of carbonyl (C=O) groups is 2. The Labute approximate surface area is 172 Å². The first-order valence-corrected chi connectivity index (χ1v) is 9.86. The van der Waals surface area contributed by atoms with Gasteiger partial charge in [-0.1, -0.05) is 48.5 Å². The summed E-state index contributed by atoms with van der Waals surface area (Å²) in [4.78, 5) is 27.1. The second-order valence-electron chi connectivity index (χ2n) is 6.52. The van der Waals surface area contributed by atoms with Gasteiger partial charge in [0.2, 0.25) is 0 Å². The van der Waals surface area contributed by atoms with Crippen molar-refractivity contribution in [2.75, 3.05) is 14.2 Å². The van der Waals surface area contributed by atoms with Crippen LogP contribution in [-0.2, 0) is 11.3 Å². The van der Waals surface area contributed by atoms with E-state index in [4.69, 9.17) is 9.47 Å². The van der Waals surface area contributed by atoms with Crippen molar-refractivity contribution in [1.29, 1.82) is 0 Å². The van der Waals surface area contributed by atoms with Gasteiger partial charge in [-0.2, -0.15) is 0 Å². The third-order valence-electron chi connectivity index (χ3n) is 4.79. The third-order valence-corrected chi connectivity index (χ3v) is 5.69. The van der Waals surface area contributed by atoms with Gasteiger partial charge in [-0.15, -0.1) is 0 Å². The summed E-state index contributed by atoms with van der Waals surface area (Å²) < 4.78 is 10.5. The zero-order valence-electron chi connectivity index (χ0n) is 16.0. The average molecular weight is 405 g/mol. The number of ether oxygens (including phenoxy) is 2. The largest absolute Gasteiger partial charge is 0.493 e. The third kappa shape index (κ3) is 3.71. The molecule has 0 radical (unpaired) electrons. The summed E-state index contributed by atoms with van der Waals surface area (Å²) in [5.41, 5.74) is 1.70. The molecule has 1 heterocycles. The molecule has 5 nitrogen and oxygen atoms in total. The molecule has 6 heteroatoms. The normalized spacial score (nSPS) is 15.4. The average Bonchev–Trinajstić information content (AvgIpc) is 3.01. The van der Waals surface area contributed by atoms with Crippen molar-refractivity contribution in [3.8, 4) is 11.5 Å². The molecule has 3 aromatic rings. The van der Waals surface area contributed by atoms with E-state index in [2.05, 4.69) is 0 Å². The fourth-order valence-corrected chi connectivity index (χ4v) is 4.17. The van der Waals surface area contributed by atoms with Gasteiger partial charge >= 0.3 is 0 Å². The van der Waals surface area contributed by atoms with Crippen molar-refractivity contribution in [3.05, 3.63) is 76.7 Å². The summed E-state index contributed by atoms with van der Waals surface area (Å²) in [6.07, 6.45) is 1.70. The van der Waals surface area contributed by atoms with Crippen molar-refractivity contribution in [2.45, 2.75) is 6.54 Å². The van der Waals surface area contributed by atoms with Crippen LogP contribution in [0.1, 0.15) is 11.1 Å². The van der Waals surface area contributed by atoms with E-state index in [0.717, 1.165) is 33.7 Å². The monoisotopic (exact) mass is 405 g/mol. The van der Waals surface area contributed by atoms with Gasteiger partial charge in [0, 0.05) is 0 Å². The second-order valence-corrected chi connectivity index (χ2v) is 7.51. The molecule has 146 valence electrons. The van der Waals surface area contributed by atoms with E-state index < -0.39 is 0 Å². The summed E-state index contributed by atoms with van der Waals surface area (Å²) in [6.45, 7) is 0.245. The smallest absolute Gasteiger partial charge is 0.293 e. The predicted octanol–water partition coefficient (Wildman–Crippen LogP) is 5.09. The minimum atomic E-state index is -0.289. The number of hydrogen-bond donors (Lipinski definition) is 0. The van der Waals surface area contributed by atoms with Crippen molar-refractivity contribution in [1.82, 2.24) is 4.90 Å². The number of fused-ring (bicyclic) bond motifs is 1. The molecule has 3 aromatic carbocycles. The van der Waals surface area contributed by atoms with Crippen molar-refractivity contribution >= 4 is 39.8 Å². The molecule has 0 spiro atoms. The Bertz CT molecular complexity index is 1130. The van der Waals surface area contributed by atoms with Crippen LogP contribution in [0.3, 0.4) is 0 Å². The van der Waals surface area contributed by atoms with Crippen LogP contribution in [0.2, 0.25) is 0 Å². The first-order chi connectivity index (χ1) is 14.1. The molecule has 1 aliphatic rings. The van der Waals surface area contributed by atoms with Crippen LogP contribution in [0.5, 0.6) is 11.5 Å². The van der Waals surface area contributed by atoms with Gasteiger partial charge in [-0.3, -0.25) is 14.5 Å². The minimum Gasteiger partial charge on any atom is -0.493 e. The number of imide groups is 1. The van der Waals surface area contributed by atoms with Crippen LogP contribution in [0, 0.1) is 0 Å². The highest BCUT2D eigenvalue weighted by Crippen LogP contribution is 2.35. The molecule has 2 amide bonds. The lowest BCUT2D eigenvalue weighted by Gasteiger charge is -2.14. The van der Waals surface area contributed by atoms with E-state index in [0.29, 0.717) is 16.4 Å². The van der Waals surface area contributed by atoms with Gasteiger partial charge < -0.3 is 9.47 Å². The molecule has 0 N–H and O–H groups in total. The van der Waals surface area contributed by atoms with Crippen LogP contribution >= 0.6 is 11.8 Å². The molecule has 0 aliphatic carbocycles. The minimum absolute atomic E-state index is 0.245. The van der Waals surface area contributed by atoms with Gasteiger partial charge in [0.05, 0.1) is 25.7 Å². The molecule has 0 saturated carbocycles. The topological polar surface area (TPSA) is 55.8 Å². The first-order valence-electron chi connectivity index (χ1n) is 9.04. The van der Waals surface area contributed by atoms with Crippen LogP contribution in [-0.4, -0.2) is 30.3 Å². The molecular weight excluding hydrogens is 386 g/mol. The van der Waals surface area contributed by atoms with Crippen molar-refractivity contribution < 1.29 is 19.1 Å². The Balaban J connectivity index is 1.61. The highest BCUT2D eigenvalue weighted by molar-refractivity contribution is 8.18. The van der Waals surface area contributed by atoms with Gasteiger partial charge in [0.25, 0.3) is 11.1 Å². The zero-order chi connectivity index (χ0) is 20.4. The molecule has 1 aliphatic heterocycles. The van der Waals surface area contributed by atoms with Gasteiger partial charge in [-0.25, -0.2) is 0 Å². The SMILES string of the molecule is COc1ccc(C=C2SC(=O)N(Cc3cccc4ccccc34)C2=O)cc1OC. The number of methoxy groups -OCH3 is 2. The fourth-order valence-electron chi connectivity index (χ4n) is 3.33. The maximum Gasteiger partial charge on any atom is 0.293 e. The number of thioether (sulfide) groups is 1. The summed E-state index contributed by atoms with van der Waals surface area (Å²) in [7, 11) is 3.12. The van der Waals surface area contributed by atoms with Gasteiger partial charge in [0.15, 0.2) is 11.5 Å². The lowest BCUT2D eigenvalue weighted by atomic mass is 10.0. The molecule has 4 rings (SSSR count). The van der Waals surface area contributed by atoms with E-state index in [1.807, 2.05) is 48.5 Å². The first kappa shape index (κ1) is 19.1. The zero-order valence-corrected chi connectivity index (χ0v) is 16.9. The van der Waals surface area contributed by atoms with Gasteiger partial charge in [0.1, 0.15) is 0 Å². The predicted molar refractivity (Wildman–Crippen MR) is 115 cm³/mol. The van der Waals surface area contributed by atoms with Crippen molar-refractivity contribution in [3.63, 3.8) is 0 Å². The van der Waals surface area contributed by atoms with Crippen LogP contribution in [0.15, 0.2) is 65.6 Å². The number of benzene rings is 3. The molecule has 0 unspecified atom stereocenters. The van der Waals surface area contributed by atoms with E-state index in [1.165, 1.54) is 4.90 Å². The molecule has 0 atom stereocenters. The number of hydrogen-bond acceptors (Lipinski definition) is 5.